The maximum atomic E-state index is 13.0. The molecule has 0 fully saturated rings. The fraction of sp³-hybridized carbons (Fsp3) is 0.0870. The van der Waals surface area contributed by atoms with Gasteiger partial charge in [0.15, 0.2) is 11.5 Å². The summed E-state index contributed by atoms with van der Waals surface area (Å²) in [7, 11) is 0. The van der Waals surface area contributed by atoms with Crippen molar-refractivity contribution in [3.05, 3.63) is 93.0 Å². The van der Waals surface area contributed by atoms with E-state index in [4.69, 9.17) is 11.6 Å². The topological polar surface area (TPSA) is 134 Å². The van der Waals surface area contributed by atoms with Gasteiger partial charge in [0.25, 0.3) is 11.6 Å². The molecule has 5 aromatic rings. The molecular formula is C23H17ClN8O3. The highest BCUT2D eigenvalue weighted by molar-refractivity contribution is 6.30. The number of nitro benzene ring substituents is 1. The number of nitrogens with zero attached hydrogens (tertiary/aromatic N) is 7. The lowest BCUT2D eigenvalue weighted by Gasteiger charge is -2.10. The van der Waals surface area contributed by atoms with Gasteiger partial charge in [-0.1, -0.05) is 17.7 Å². The molecular weight excluding hydrogens is 472 g/mol. The van der Waals surface area contributed by atoms with E-state index in [1.807, 2.05) is 12.1 Å². The van der Waals surface area contributed by atoms with E-state index in [-0.39, 0.29) is 16.8 Å². The third-order valence-corrected chi connectivity index (χ3v) is 5.69. The van der Waals surface area contributed by atoms with E-state index in [0.29, 0.717) is 33.4 Å². The zero-order valence-corrected chi connectivity index (χ0v) is 19.3. The van der Waals surface area contributed by atoms with Crippen LogP contribution in [-0.2, 0) is 0 Å². The first kappa shape index (κ1) is 22.2. The molecule has 11 nitrogen and oxygen atoms in total. The van der Waals surface area contributed by atoms with Crippen molar-refractivity contribution in [3.63, 3.8) is 0 Å². The summed E-state index contributed by atoms with van der Waals surface area (Å²) in [6.45, 7) is 3.31. The number of carbonyl (C=O) groups excluding carboxylic acids is 1. The monoisotopic (exact) mass is 488 g/mol. The molecule has 0 atom stereocenters. The van der Waals surface area contributed by atoms with Crippen molar-refractivity contribution in [2.75, 3.05) is 5.32 Å². The maximum absolute atomic E-state index is 13.0. The average molecular weight is 489 g/mol. The largest absolute Gasteiger partial charge is 0.306 e. The van der Waals surface area contributed by atoms with Gasteiger partial charge in [-0.3, -0.25) is 14.9 Å². The molecule has 0 saturated heterocycles. The summed E-state index contributed by atoms with van der Waals surface area (Å²) >= 11 is 6.00. The van der Waals surface area contributed by atoms with Crippen molar-refractivity contribution in [1.29, 1.82) is 0 Å². The standard InChI is InChI=1S/C23H17ClN8O3/c1-13-10-20(28-23(33)17-4-3-5-19(14(17)2)32(34)35)31(29-13)22-18-11-27-30(21(18)25-12-26-22)16-8-6-15(24)7-9-16/h3-12H,1-2H3,(H,28,33). The van der Waals surface area contributed by atoms with E-state index in [1.54, 1.807) is 36.0 Å². The maximum Gasteiger partial charge on any atom is 0.273 e. The number of hydrogen-bond donors (Lipinski definition) is 1. The second-order valence-corrected chi connectivity index (χ2v) is 8.15. The first-order chi connectivity index (χ1) is 16.8. The van der Waals surface area contributed by atoms with Crippen molar-refractivity contribution in [2.24, 2.45) is 0 Å². The van der Waals surface area contributed by atoms with Crippen LogP contribution in [0.2, 0.25) is 5.02 Å². The Morgan fingerprint density at radius 2 is 1.86 bits per heavy atom. The van der Waals surface area contributed by atoms with Crippen molar-refractivity contribution in [1.82, 2.24) is 29.5 Å². The van der Waals surface area contributed by atoms with Gasteiger partial charge in [-0.2, -0.15) is 14.9 Å². The number of anilines is 1. The molecule has 2 aromatic carbocycles. The third-order valence-electron chi connectivity index (χ3n) is 5.44. The van der Waals surface area contributed by atoms with Gasteiger partial charge in [0.05, 0.1) is 27.9 Å². The Morgan fingerprint density at radius 3 is 2.60 bits per heavy atom. The van der Waals surface area contributed by atoms with Crippen molar-refractivity contribution >= 4 is 40.0 Å². The number of carbonyl (C=O) groups is 1. The fourth-order valence-corrected chi connectivity index (χ4v) is 3.90. The zero-order chi connectivity index (χ0) is 24.7. The number of halogens is 1. The predicted octanol–water partition coefficient (Wildman–Crippen LogP) is 4.43. The van der Waals surface area contributed by atoms with Crippen LogP contribution in [0, 0.1) is 24.0 Å². The molecule has 0 radical (unpaired) electrons. The number of nitro groups is 1. The smallest absolute Gasteiger partial charge is 0.273 e. The van der Waals surface area contributed by atoms with Gasteiger partial charge < -0.3 is 5.32 Å². The normalized spacial score (nSPS) is 11.1. The molecule has 174 valence electrons. The highest BCUT2D eigenvalue weighted by Crippen LogP contribution is 2.26. The van der Waals surface area contributed by atoms with Crippen molar-refractivity contribution in [2.45, 2.75) is 13.8 Å². The number of hydrogen-bond acceptors (Lipinski definition) is 7. The van der Waals surface area contributed by atoms with E-state index in [9.17, 15) is 14.9 Å². The Bertz CT molecular complexity index is 1610. The molecule has 1 N–H and O–H groups in total. The van der Waals surface area contributed by atoms with Crippen LogP contribution < -0.4 is 5.32 Å². The lowest BCUT2D eigenvalue weighted by atomic mass is 10.1. The van der Waals surface area contributed by atoms with E-state index < -0.39 is 10.8 Å². The molecule has 3 heterocycles. The lowest BCUT2D eigenvalue weighted by molar-refractivity contribution is -0.385. The van der Waals surface area contributed by atoms with Gasteiger partial charge in [0, 0.05) is 28.3 Å². The van der Waals surface area contributed by atoms with Crippen LogP contribution in [0.5, 0.6) is 0 Å². The third kappa shape index (κ3) is 3.97. The second kappa shape index (κ2) is 8.61. The first-order valence-electron chi connectivity index (χ1n) is 10.4. The molecule has 0 bridgehead atoms. The van der Waals surface area contributed by atoms with Gasteiger partial charge in [0.1, 0.15) is 12.1 Å². The van der Waals surface area contributed by atoms with Crippen LogP contribution in [0.3, 0.4) is 0 Å². The molecule has 0 aliphatic rings. The minimum absolute atomic E-state index is 0.130. The van der Waals surface area contributed by atoms with Gasteiger partial charge in [-0.15, -0.1) is 0 Å². The van der Waals surface area contributed by atoms with Crippen LogP contribution in [0.15, 0.2) is 61.1 Å². The Balaban J connectivity index is 1.55. The second-order valence-electron chi connectivity index (χ2n) is 7.71. The number of aryl methyl sites for hydroxylation is 1. The average Bonchev–Trinajstić information content (AvgIpc) is 3.42. The van der Waals surface area contributed by atoms with E-state index in [0.717, 1.165) is 5.69 Å². The number of aromatic nitrogens is 6. The van der Waals surface area contributed by atoms with Crippen molar-refractivity contribution in [3.8, 4) is 11.5 Å². The van der Waals surface area contributed by atoms with Crippen LogP contribution >= 0.6 is 11.6 Å². The first-order valence-corrected chi connectivity index (χ1v) is 10.8. The van der Waals surface area contributed by atoms with Gasteiger partial charge in [-0.05, 0) is 44.2 Å². The summed E-state index contributed by atoms with van der Waals surface area (Å²) in [4.78, 5) is 32.6. The molecule has 1 amide bonds. The Morgan fingerprint density at radius 1 is 1.09 bits per heavy atom. The molecule has 0 aliphatic heterocycles. The quantitative estimate of drug-likeness (QED) is 0.285. The highest BCUT2D eigenvalue weighted by atomic mass is 35.5. The van der Waals surface area contributed by atoms with Crippen molar-refractivity contribution < 1.29 is 9.72 Å². The summed E-state index contributed by atoms with van der Waals surface area (Å²) < 4.78 is 3.13. The number of rotatable bonds is 5. The van der Waals surface area contributed by atoms with Gasteiger partial charge in [0.2, 0.25) is 0 Å². The summed E-state index contributed by atoms with van der Waals surface area (Å²) in [5.74, 6) is 0.251. The molecule has 12 heteroatoms. The highest BCUT2D eigenvalue weighted by Gasteiger charge is 2.21. The molecule has 0 saturated carbocycles. The molecule has 0 aliphatic carbocycles. The molecule has 0 spiro atoms. The minimum Gasteiger partial charge on any atom is -0.306 e. The molecule has 0 unspecified atom stereocenters. The number of fused-ring (bicyclic) bond motifs is 1. The van der Waals surface area contributed by atoms with E-state index in [1.165, 1.54) is 36.1 Å². The van der Waals surface area contributed by atoms with Gasteiger partial charge in [-0.25, -0.2) is 14.6 Å². The van der Waals surface area contributed by atoms with Crippen LogP contribution in [0.4, 0.5) is 11.5 Å². The fourth-order valence-electron chi connectivity index (χ4n) is 3.77. The molecule has 35 heavy (non-hydrogen) atoms. The van der Waals surface area contributed by atoms with E-state index in [2.05, 4.69) is 25.5 Å². The Kier molecular flexibility index (Phi) is 5.46. The summed E-state index contributed by atoms with van der Waals surface area (Å²) in [6.07, 6.45) is 3.01. The Labute approximate surface area is 203 Å². The van der Waals surface area contributed by atoms with Crippen LogP contribution in [-0.4, -0.2) is 40.4 Å². The minimum atomic E-state index is -0.517. The number of amides is 1. The SMILES string of the molecule is Cc1cc(NC(=O)c2cccc([N+](=O)[O-])c2C)n(-c2ncnc3c2cnn3-c2ccc(Cl)cc2)n1. The van der Waals surface area contributed by atoms with Crippen LogP contribution in [0.25, 0.3) is 22.5 Å². The zero-order valence-electron chi connectivity index (χ0n) is 18.5. The number of benzene rings is 2. The van der Waals surface area contributed by atoms with E-state index >= 15 is 0 Å². The van der Waals surface area contributed by atoms with Gasteiger partial charge >= 0.3 is 0 Å². The lowest BCUT2D eigenvalue weighted by Crippen LogP contribution is -2.17. The summed E-state index contributed by atoms with van der Waals surface area (Å²) in [5.41, 5.74) is 2.26. The molecule has 3 aromatic heterocycles. The number of nitrogens with one attached hydrogen (secondary N) is 1. The summed E-state index contributed by atoms with van der Waals surface area (Å²) in [5, 5.41) is 24.2. The Hall–Kier alpha value is -4.64. The van der Waals surface area contributed by atoms with Crippen LogP contribution in [0.1, 0.15) is 21.6 Å². The summed E-state index contributed by atoms with van der Waals surface area (Å²) in [6, 6.07) is 13.2. The predicted molar refractivity (Wildman–Crippen MR) is 129 cm³/mol. The molecule has 5 rings (SSSR count).